The van der Waals surface area contributed by atoms with E-state index in [1.807, 2.05) is 0 Å². The van der Waals surface area contributed by atoms with Gasteiger partial charge in [0, 0.05) is 26.1 Å². The minimum atomic E-state index is -0.203. The average Bonchev–Trinajstić information content (AvgIpc) is 2.83. The molecule has 0 atom stereocenters. The predicted octanol–water partition coefficient (Wildman–Crippen LogP) is 2.41. The van der Waals surface area contributed by atoms with Crippen LogP contribution in [0.15, 0.2) is 24.3 Å². The summed E-state index contributed by atoms with van der Waals surface area (Å²) in [6.07, 6.45) is 1.87. The molecule has 1 aromatic carbocycles. The van der Waals surface area contributed by atoms with E-state index in [-0.39, 0.29) is 5.82 Å². The molecule has 1 fully saturated rings. The number of rotatable bonds is 3. The molecule has 0 bridgehead atoms. The molecule has 2 heterocycles. The second-order valence-electron chi connectivity index (χ2n) is 5.43. The number of likely N-dealkylation sites (N-methyl/N-ethyl adjacent to an activating group) is 1. The maximum Gasteiger partial charge on any atom is 0.208 e. The third-order valence-corrected chi connectivity index (χ3v) is 4.70. The quantitative estimate of drug-likeness (QED) is 0.872. The minimum Gasteiger partial charge on any atom is -0.345 e. The Balaban J connectivity index is 1.66. The van der Waals surface area contributed by atoms with Gasteiger partial charge in [0.2, 0.25) is 5.13 Å². The molecule has 2 aromatic rings. The van der Waals surface area contributed by atoms with Gasteiger partial charge in [-0.2, -0.15) is 0 Å². The van der Waals surface area contributed by atoms with Gasteiger partial charge < -0.3 is 9.80 Å². The minimum absolute atomic E-state index is 0.203. The van der Waals surface area contributed by atoms with Crippen molar-refractivity contribution in [1.82, 2.24) is 15.1 Å². The van der Waals surface area contributed by atoms with Gasteiger partial charge in [-0.3, -0.25) is 0 Å². The molecule has 1 aliphatic rings. The van der Waals surface area contributed by atoms with Crippen molar-refractivity contribution in [3.8, 4) is 0 Å². The highest BCUT2D eigenvalue weighted by Gasteiger charge is 2.16. The highest BCUT2D eigenvalue weighted by Crippen LogP contribution is 2.23. The molecule has 112 valence electrons. The lowest BCUT2D eigenvalue weighted by Gasteiger charge is -2.18. The van der Waals surface area contributed by atoms with E-state index in [1.54, 1.807) is 23.5 Å². The first kappa shape index (κ1) is 14.4. The summed E-state index contributed by atoms with van der Waals surface area (Å²) < 4.78 is 12.9. The Hall–Kier alpha value is -1.53. The van der Waals surface area contributed by atoms with Crippen molar-refractivity contribution < 1.29 is 4.39 Å². The van der Waals surface area contributed by atoms with Gasteiger partial charge in [0.05, 0.1) is 0 Å². The van der Waals surface area contributed by atoms with E-state index in [1.165, 1.54) is 12.1 Å². The van der Waals surface area contributed by atoms with E-state index in [4.69, 9.17) is 0 Å². The molecule has 1 aliphatic heterocycles. The highest BCUT2D eigenvalue weighted by atomic mass is 32.1. The van der Waals surface area contributed by atoms with E-state index < -0.39 is 0 Å². The monoisotopic (exact) mass is 306 g/mol. The number of nitrogens with zero attached hydrogens (tertiary/aromatic N) is 4. The van der Waals surface area contributed by atoms with Crippen molar-refractivity contribution in [3.63, 3.8) is 0 Å². The molecule has 1 aromatic heterocycles. The summed E-state index contributed by atoms with van der Waals surface area (Å²) in [5.74, 6) is -0.203. The van der Waals surface area contributed by atoms with Crippen LogP contribution in [-0.2, 0) is 6.42 Å². The number of aromatic nitrogens is 2. The van der Waals surface area contributed by atoms with Crippen LogP contribution in [0.2, 0.25) is 0 Å². The van der Waals surface area contributed by atoms with Gasteiger partial charge in [-0.25, -0.2) is 4.39 Å². The molecular weight excluding hydrogens is 287 g/mol. The van der Waals surface area contributed by atoms with Gasteiger partial charge in [0.1, 0.15) is 10.8 Å². The molecule has 6 heteroatoms. The molecule has 0 unspecified atom stereocenters. The number of hydrogen-bond donors (Lipinski definition) is 0. The first-order valence-electron chi connectivity index (χ1n) is 7.21. The Morgan fingerprint density at radius 1 is 1.10 bits per heavy atom. The molecule has 0 aliphatic carbocycles. The van der Waals surface area contributed by atoms with Crippen LogP contribution < -0.4 is 4.90 Å². The van der Waals surface area contributed by atoms with E-state index in [0.717, 1.165) is 48.3 Å². The average molecular weight is 306 g/mol. The van der Waals surface area contributed by atoms with Gasteiger partial charge in [-0.15, -0.1) is 10.2 Å². The van der Waals surface area contributed by atoms with Gasteiger partial charge >= 0.3 is 0 Å². The first-order valence-corrected chi connectivity index (χ1v) is 8.03. The maximum atomic E-state index is 12.9. The van der Waals surface area contributed by atoms with E-state index in [9.17, 15) is 4.39 Å². The molecule has 0 amide bonds. The van der Waals surface area contributed by atoms with Crippen LogP contribution in [0.25, 0.3) is 0 Å². The lowest BCUT2D eigenvalue weighted by atomic mass is 10.2. The van der Waals surface area contributed by atoms with Crippen molar-refractivity contribution >= 4 is 16.5 Å². The smallest absolute Gasteiger partial charge is 0.208 e. The zero-order chi connectivity index (χ0) is 14.7. The molecule has 0 saturated carbocycles. The van der Waals surface area contributed by atoms with Crippen LogP contribution in [0.1, 0.15) is 17.0 Å². The van der Waals surface area contributed by atoms with Crippen LogP contribution in [0.5, 0.6) is 0 Å². The van der Waals surface area contributed by atoms with Crippen LogP contribution in [0, 0.1) is 5.82 Å². The number of hydrogen-bond acceptors (Lipinski definition) is 5. The van der Waals surface area contributed by atoms with E-state index in [0.29, 0.717) is 6.42 Å². The zero-order valence-electron chi connectivity index (χ0n) is 12.1. The largest absolute Gasteiger partial charge is 0.345 e. The fourth-order valence-electron chi connectivity index (χ4n) is 2.46. The Labute approximate surface area is 128 Å². The van der Waals surface area contributed by atoms with Crippen LogP contribution in [0.4, 0.5) is 9.52 Å². The third-order valence-electron chi connectivity index (χ3n) is 3.71. The topological polar surface area (TPSA) is 32.3 Å². The summed E-state index contributed by atoms with van der Waals surface area (Å²) in [6.45, 7) is 4.24. The van der Waals surface area contributed by atoms with Crippen LogP contribution in [-0.4, -0.2) is 48.3 Å². The maximum absolute atomic E-state index is 12.9. The van der Waals surface area contributed by atoms with Gasteiger partial charge in [-0.1, -0.05) is 23.5 Å². The fraction of sp³-hybridized carbons (Fsp3) is 0.467. The standard InChI is InChI=1S/C15H19FN4S/c1-19-7-2-8-20(10-9-19)15-18-17-14(21-15)11-12-3-5-13(16)6-4-12/h3-6H,2,7-11H2,1H3. The molecule has 0 N–H and O–H groups in total. The Kier molecular flexibility index (Phi) is 4.45. The molecule has 0 radical (unpaired) electrons. The molecule has 3 rings (SSSR count). The number of benzene rings is 1. The van der Waals surface area contributed by atoms with E-state index in [2.05, 4.69) is 27.0 Å². The van der Waals surface area contributed by atoms with Crippen molar-refractivity contribution in [3.05, 3.63) is 40.7 Å². The van der Waals surface area contributed by atoms with Crippen LogP contribution in [0.3, 0.4) is 0 Å². The molecule has 21 heavy (non-hydrogen) atoms. The second-order valence-corrected chi connectivity index (χ2v) is 6.47. The first-order chi connectivity index (χ1) is 10.2. The van der Waals surface area contributed by atoms with Crippen LogP contribution >= 0.6 is 11.3 Å². The highest BCUT2D eigenvalue weighted by molar-refractivity contribution is 7.15. The fourth-order valence-corrected chi connectivity index (χ4v) is 3.38. The second kappa shape index (κ2) is 6.49. The summed E-state index contributed by atoms with van der Waals surface area (Å²) in [5, 5.41) is 10.6. The molecule has 1 saturated heterocycles. The van der Waals surface area contributed by atoms with Gasteiger partial charge in [0.15, 0.2) is 0 Å². The van der Waals surface area contributed by atoms with Crippen molar-refractivity contribution in [1.29, 1.82) is 0 Å². The molecular formula is C15H19FN4S. The summed E-state index contributed by atoms with van der Waals surface area (Å²) >= 11 is 1.64. The Morgan fingerprint density at radius 3 is 2.71 bits per heavy atom. The Bertz CT molecular complexity index is 584. The SMILES string of the molecule is CN1CCCN(c2nnc(Cc3ccc(F)cc3)s2)CC1. The summed E-state index contributed by atoms with van der Waals surface area (Å²) in [5.41, 5.74) is 1.06. The van der Waals surface area contributed by atoms with E-state index >= 15 is 0 Å². The lowest BCUT2D eigenvalue weighted by Crippen LogP contribution is -2.28. The normalized spacial score (nSPS) is 17.0. The predicted molar refractivity (Wildman–Crippen MR) is 83.4 cm³/mol. The number of halogens is 1. The third kappa shape index (κ3) is 3.77. The van der Waals surface area contributed by atoms with Crippen molar-refractivity contribution in [2.75, 3.05) is 38.1 Å². The Morgan fingerprint density at radius 2 is 1.90 bits per heavy atom. The lowest BCUT2D eigenvalue weighted by molar-refractivity contribution is 0.360. The summed E-state index contributed by atoms with van der Waals surface area (Å²) in [4.78, 5) is 4.66. The summed E-state index contributed by atoms with van der Waals surface area (Å²) in [6, 6.07) is 6.58. The van der Waals surface area contributed by atoms with Gasteiger partial charge in [0.25, 0.3) is 0 Å². The molecule has 4 nitrogen and oxygen atoms in total. The zero-order valence-corrected chi connectivity index (χ0v) is 12.9. The van der Waals surface area contributed by atoms with Gasteiger partial charge in [-0.05, 0) is 37.7 Å². The van der Waals surface area contributed by atoms with Crippen molar-refractivity contribution in [2.45, 2.75) is 12.8 Å². The molecule has 0 spiro atoms. The van der Waals surface area contributed by atoms with Crippen molar-refractivity contribution in [2.24, 2.45) is 0 Å². The summed E-state index contributed by atoms with van der Waals surface area (Å²) in [7, 11) is 2.16. The number of anilines is 1.